The number of rotatable bonds is 9. The Balaban J connectivity index is 1.65. The number of benzene rings is 1. The van der Waals surface area contributed by atoms with Crippen LogP contribution in [-0.4, -0.2) is 35.9 Å². The average Bonchev–Trinajstić information content (AvgIpc) is 2.81. The summed E-state index contributed by atoms with van der Waals surface area (Å²) >= 11 is 0. The Morgan fingerprint density at radius 1 is 1.09 bits per heavy atom. The van der Waals surface area contributed by atoms with Gasteiger partial charge in [0, 0.05) is 13.0 Å². The van der Waals surface area contributed by atoms with Crippen molar-refractivity contribution in [2.45, 2.75) is 39.0 Å². The van der Waals surface area contributed by atoms with Gasteiger partial charge in [-0.25, -0.2) is 0 Å². The third kappa shape index (κ3) is 4.39. The summed E-state index contributed by atoms with van der Waals surface area (Å²) < 4.78 is 0. The molecule has 0 unspecified atom stereocenters. The summed E-state index contributed by atoms with van der Waals surface area (Å²) in [4.78, 5) is 40.8. The molecule has 1 heterocycles. The minimum atomic E-state index is -0.412. The summed E-state index contributed by atoms with van der Waals surface area (Å²) in [5.74, 6) is -0.762. The van der Waals surface area contributed by atoms with E-state index in [0.29, 0.717) is 30.5 Å². The SMILES string of the molecule is CCCNC(=O)CCCCCON1C(=O)c2ccccc2C1=O. The lowest BCUT2D eigenvalue weighted by molar-refractivity contribution is -0.121. The Morgan fingerprint density at radius 2 is 1.74 bits per heavy atom. The fraction of sp³-hybridized carbons (Fsp3) is 0.471. The van der Waals surface area contributed by atoms with Gasteiger partial charge in [-0.15, -0.1) is 5.06 Å². The molecule has 0 fully saturated rings. The number of nitrogens with zero attached hydrogens (tertiary/aromatic N) is 1. The molecule has 0 radical (unpaired) electrons. The second kappa shape index (κ2) is 8.43. The summed E-state index contributed by atoms with van der Waals surface area (Å²) in [6.45, 7) is 3.00. The summed E-state index contributed by atoms with van der Waals surface area (Å²) in [6, 6.07) is 6.68. The third-order valence-corrected chi connectivity index (χ3v) is 3.60. The van der Waals surface area contributed by atoms with E-state index in [2.05, 4.69) is 5.32 Å². The average molecular weight is 318 g/mol. The summed E-state index contributed by atoms with van der Waals surface area (Å²) in [5.41, 5.74) is 0.759. The lowest BCUT2D eigenvalue weighted by Crippen LogP contribution is -2.30. The highest BCUT2D eigenvalue weighted by Crippen LogP contribution is 2.22. The Morgan fingerprint density at radius 3 is 2.35 bits per heavy atom. The quantitative estimate of drug-likeness (QED) is 0.560. The van der Waals surface area contributed by atoms with Crippen LogP contribution in [0.5, 0.6) is 0 Å². The highest BCUT2D eigenvalue weighted by atomic mass is 16.7. The first-order valence-corrected chi connectivity index (χ1v) is 8.02. The van der Waals surface area contributed by atoms with Crippen LogP contribution in [0.3, 0.4) is 0 Å². The fourth-order valence-electron chi connectivity index (χ4n) is 2.36. The molecule has 3 amide bonds. The normalized spacial score (nSPS) is 13.3. The van der Waals surface area contributed by atoms with Crippen molar-refractivity contribution in [3.8, 4) is 0 Å². The second-order valence-electron chi connectivity index (χ2n) is 5.44. The van der Waals surface area contributed by atoms with E-state index in [1.807, 2.05) is 6.92 Å². The molecule has 6 heteroatoms. The van der Waals surface area contributed by atoms with E-state index in [-0.39, 0.29) is 12.5 Å². The monoisotopic (exact) mass is 318 g/mol. The molecule has 23 heavy (non-hydrogen) atoms. The van der Waals surface area contributed by atoms with Gasteiger partial charge in [0.05, 0.1) is 17.7 Å². The van der Waals surface area contributed by atoms with Gasteiger partial charge >= 0.3 is 0 Å². The molecular weight excluding hydrogens is 296 g/mol. The number of amides is 3. The summed E-state index contributed by atoms with van der Waals surface area (Å²) in [5, 5.41) is 3.65. The van der Waals surface area contributed by atoms with Crippen LogP contribution in [0.4, 0.5) is 0 Å². The maximum Gasteiger partial charge on any atom is 0.285 e. The molecule has 6 nitrogen and oxygen atoms in total. The van der Waals surface area contributed by atoms with Crippen LogP contribution in [0, 0.1) is 0 Å². The summed E-state index contributed by atoms with van der Waals surface area (Å²) in [6.07, 6.45) is 3.69. The zero-order chi connectivity index (χ0) is 16.7. The molecule has 1 aromatic carbocycles. The van der Waals surface area contributed by atoms with Gasteiger partial charge in [0.25, 0.3) is 11.8 Å². The fourth-order valence-corrected chi connectivity index (χ4v) is 2.36. The molecule has 0 atom stereocenters. The summed E-state index contributed by atoms with van der Waals surface area (Å²) in [7, 11) is 0. The first kappa shape index (κ1) is 17.1. The van der Waals surface area contributed by atoms with Gasteiger partial charge < -0.3 is 5.32 Å². The van der Waals surface area contributed by atoms with Crippen molar-refractivity contribution in [1.29, 1.82) is 0 Å². The van der Waals surface area contributed by atoms with Gasteiger partial charge in [-0.3, -0.25) is 19.2 Å². The molecule has 0 spiro atoms. The molecule has 0 saturated heterocycles. The third-order valence-electron chi connectivity index (χ3n) is 3.60. The lowest BCUT2D eigenvalue weighted by Gasteiger charge is -2.13. The van der Waals surface area contributed by atoms with Gasteiger partial charge in [-0.05, 0) is 31.4 Å². The lowest BCUT2D eigenvalue weighted by atomic mass is 10.1. The predicted octanol–water partition coefficient (Wildman–Crippen LogP) is 2.30. The van der Waals surface area contributed by atoms with E-state index < -0.39 is 11.8 Å². The standard InChI is InChI=1S/C17H22N2O4/c1-2-11-18-15(20)10-4-3-7-12-23-19-16(21)13-8-5-6-9-14(13)17(19)22/h5-6,8-9H,2-4,7,10-12H2,1H3,(H,18,20). The van der Waals surface area contributed by atoms with Crippen LogP contribution in [-0.2, 0) is 9.63 Å². The maximum absolute atomic E-state index is 12.0. The molecule has 1 aliphatic heterocycles. The molecule has 0 bridgehead atoms. The molecule has 0 aliphatic carbocycles. The first-order chi connectivity index (χ1) is 11.1. The van der Waals surface area contributed by atoms with Crippen molar-refractivity contribution in [1.82, 2.24) is 10.4 Å². The van der Waals surface area contributed by atoms with Crippen molar-refractivity contribution in [3.05, 3.63) is 35.4 Å². The zero-order valence-corrected chi connectivity index (χ0v) is 13.3. The second-order valence-corrected chi connectivity index (χ2v) is 5.44. The Hall–Kier alpha value is -2.21. The van der Waals surface area contributed by atoms with Crippen LogP contribution >= 0.6 is 0 Å². The number of nitrogens with one attached hydrogen (secondary N) is 1. The topological polar surface area (TPSA) is 75.7 Å². The Bertz CT molecular complexity index is 551. The van der Waals surface area contributed by atoms with Crippen LogP contribution in [0.1, 0.15) is 59.7 Å². The first-order valence-electron chi connectivity index (χ1n) is 8.02. The number of carbonyl (C=O) groups is 3. The number of fused-ring (bicyclic) bond motifs is 1. The molecule has 0 saturated carbocycles. The van der Waals surface area contributed by atoms with Crippen LogP contribution in [0.15, 0.2) is 24.3 Å². The van der Waals surface area contributed by atoms with Gasteiger partial charge in [0.15, 0.2) is 0 Å². The van der Waals surface area contributed by atoms with E-state index >= 15 is 0 Å². The number of hydrogen-bond donors (Lipinski definition) is 1. The van der Waals surface area contributed by atoms with E-state index in [9.17, 15) is 14.4 Å². The number of carbonyl (C=O) groups excluding carboxylic acids is 3. The van der Waals surface area contributed by atoms with Gasteiger partial charge in [0.1, 0.15) is 0 Å². The van der Waals surface area contributed by atoms with Gasteiger partial charge in [-0.1, -0.05) is 25.5 Å². The van der Waals surface area contributed by atoms with Crippen molar-refractivity contribution in [2.24, 2.45) is 0 Å². The smallest absolute Gasteiger partial charge is 0.285 e. The molecule has 124 valence electrons. The zero-order valence-electron chi connectivity index (χ0n) is 13.3. The van der Waals surface area contributed by atoms with Crippen LogP contribution in [0.2, 0.25) is 0 Å². The number of imide groups is 1. The van der Waals surface area contributed by atoms with E-state index in [4.69, 9.17) is 4.84 Å². The molecule has 1 aromatic rings. The van der Waals surface area contributed by atoms with Crippen molar-refractivity contribution < 1.29 is 19.2 Å². The molecule has 2 rings (SSSR count). The number of hydrogen-bond acceptors (Lipinski definition) is 4. The van der Waals surface area contributed by atoms with E-state index in [1.54, 1.807) is 24.3 Å². The number of hydroxylamine groups is 2. The Labute approximate surface area is 135 Å². The highest BCUT2D eigenvalue weighted by molar-refractivity contribution is 6.20. The van der Waals surface area contributed by atoms with Crippen LogP contribution < -0.4 is 5.32 Å². The van der Waals surface area contributed by atoms with Crippen molar-refractivity contribution in [3.63, 3.8) is 0 Å². The Kier molecular flexibility index (Phi) is 6.29. The molecule has 0 aromatic heterocycles. The molecule has 1 N–H and O–H groups in total. The minimum Gasteiger partial charge on any atom is -0.356 e. The number of unbranched alkanes of at least 4 members (excludes halogenated alkanes) is 2. The highest BCUT2D eigenvalue weighted by Gasteiger charge is 2.36. The van der Waals surface area contributed by atoms with Gasteiger partial charge in [-0.2, -0.15) is 0 Å². The molecule has 1 aliphatic rings. The largest absolute Gasteiger partial charge is 0.356 e. The van der Waals surface area contributed by atoms with Crippen molar-refractivity contribution in [2.75, 3.05) is 13.2 Å². The minimum absolute atomic E-state index is 0.0631. The maximum atomic E-state index is 12.0. The molecular formula is C17H22N2O4. The predicted molar refractivity (Wildman–Crippen MR) is 84.7 cm³/mol. The van der Waals surface area contributed by atoms with E-state index in [0.717, 1.165) is 24.3 Å². The van der Waals surface area contributed by atoms with Gasteiger partial charge in [0.2, 0.25) is 5.91 Å². The van der Waals surface area contributed by atoms with Crippen LogP contribution in [0.25, 0.3) is 0 Å². The van der Waals surface area contributed by atoms with Crippen molar-refractivity contribution >= 4 is 17.7 Å². The van der Waals surface area contributed by atoms with E-state index in [1.165, 1.54) is 0 Å².